The van der Waals surface area contributed by atoms with Crippen LogP contribution in [0.1, 0.15) is 10.4 Å². The minimum atomic E-state index is -0.834. The molecule has 1 aromatic carbocycles. The average molecular weight is 279 g/mol. The number of fused-ring (bicyclic) bond motifs is 1. The van der Waals surface area contributed by atoms with Gasteiger partial charge in [0.15, 0.2) is 0 Å². The van der Waals surface area contributed by atoms with Gasteiger partial charge in [0.25, 0.3) is 11.6 Å². The Labute approximate surface area is 114 Å². The second kappa shape index (κ2) is 4.82. The predicted molar refractivity (Wildman–Crippen MR) is 68.8 cm³/mol. The van der Waals surface area contributed by atoms with Crippen LogP contribution in [0.2, 0.25) is 0 Å². The van der Waals surface area contributed by atoms with Gasteiger partial charge in [-0.15, -0.1) is 0 Å². The van der Waals surface area contributed by atoms with Crippen molar-refractivity contribution in [3.63, 3.8) is 0 Å². The van der Waals surface area contributed by atoms with Gasteiger partial charge in [0, 0.05) is 32.2 Å². The first-order valence-corrected chi connectivity index (χ1v) is 6.50. The molecule has 1 amide bonds. The highest BCUT2D eigenvalue weighted by molar-refractivity contribution is 5.95. The van der Waals surface area contributed by atoms with Crippen LogP contribution in [0.3, 0.4) is 0 Å². The molecule has 1 N–H and O–H groups in total. The molecule has 2 fully saturated rings. The van der Waals surface area contributed by atoms with Gasteiger partial charge in [0.2, 0.25) is 0 Å². The summed E-state index contributed by atoms with van der Waals surface area (Å²) in [5.74, 6) is -0.355. The van der Waals surface area contributed by atoms with Gasteiger partial charge in [-0.2, -0.15) is 0 Å². The summed E-state index contributed by atoms with van der Waals surface area (Å²) >= 11 is 0. The van der Waals surface area contributed by atoms with E-state index >= 15 is 0 Å². The SMILES string of the molecule is O=C(c1ccc([N+](=O)[O-])cc1F)N1CC2CNCC2C1. The minimum absolute atomic E-state index is 0.0940. The third-order valence-corrected chi connectivity index (χ3v) is 4.07. The molecule has 7 heteroatoms. The van der Waals surface area contributed by atoms with E-state index in [1.165, 1.54) is 6.07 Å². The van der Waals surface area contributed by atoms with E-state index in [1.54, 1.807) is 4.90 Å². The zero-order chi connectivity index (χ0) is 14.3. The molecule has 20 heavy (non-hydrogen) atoms. The Morgan fingerprint density at radius 1 is 1.35 bits per heavy atom. The molecular formula is C13H14FN3O3. The molecule has 2 heterocycles. The van der Waals surface area contributed by atoms with E-state index in [-0.39, 0.29) is 17.2 Å². The quantitative estimate of drug-likeness (QED) is 0.648. The highest BCUT2D eigenvalue weighted by Crippen LogP contribution is 2.28. The van der Waals surface area contributed by atoms with Crippen molar-refractivity contribution in [3.8, 4) is 0 Å². The summed E-state index contributed by atoms with van der Waals surface area (Å²) in [6.45, 7) is 3.01. The molecule has 2 saturated heterocycles. The number of benzene rings is 1. The van der Waals surface area contributed by atoms with Crippen molar-refractivity contribution in [2.75, 3.05) is 26.2 Å². The molecular weight excluding hydrogens is 265 g/mol. The normalized spacial score (nSPS) is 24.8. The number of hydrogen-bond acceptors (Lipinski definition) is 4. The van der Waals surface area contributed by atoms with Crippen LogP contribution in [0.25, 0.3) is 0 Å². The molecule has 0 spiro atoms. The molecule has 0 bridgehead atoms. The Kier molecular flexibility index (Phi) is 3.13. The number of halogens is 1. The third kappa shape index (κ3) is 2.14. The number of rotatable bonds is 2. The van der Waals surface area contributed by atoms with Crippen LogP contribution < -0.4 is 5.32 Å². The van der Waals surface area contributed by atoms with Crippen molar-refractivity contribution < 1.29 is 14.1 Å². The fraction of sp³-hybridized carbons (Fsp3) is 0.462. The lowest BCUT2D eigenvalue weighted by Crippen LogP contribution is -2.32. The zero-order valence-electron chi connectivity index (χ0n) is 10.7. The first-order chi connectivity index (χ1) is 9.56. The molecule has 0 saturated carbocycles. The highest BCUT2D eigenvalue weighted by atomic mass is 19.1. The minimum Gasteiger partial charge on any atom is -0.338 e. The number of non-ortho nitro benzene ring substituents is 1. The van der Waals surface area contributed by atoms with Crippen molar-refractivity contribution in [1.82, 2.24) is 10.2 Å². The van der Waals surface area contributed by atoms with Gasteiger partial charge < -0.3 is 10.2 Å². The Morgan fingerprint density at radius 2 is 2.00 bits per heavy atom. The maximum atomic E-state index is 13.8. The number of nitro groups is 1. The van der Waals surface area contributed by atoms with Crippen LogP contribution >= 0.6 is 0 Å². The monoisotopic (exact) mass is 279 g/mol. The maximum absolute atomic E-state index is 13.8. The number of hydrogen-bond donors (Lipinski definition) is 1. The smallest absolute Gasteiger partial charge is 0.272 e. The van der Waals surface area contributed by atoms with Crippen molar-refractivity contribution in [3.05, 3.63) is 39.7 Å². The standard InChI is InChI=1S/C13H14FN3O3/c14-12-3-10(17(19)20)1-2-11(12)13(18)16-6-8-4-15-5-9(8)7-16/h1-3,8-9,15H,4-7H2. The van der Waals surface area contributed by atoms with Crippen molar-refractivity contribution in [2.24, 2.45) is 11.8 Å². The molecule has 1 aromatic rings. The molecule has 0 aromatic heterocycles. The summed E-state index contributed by atoms with van der Waals surface area (Å²) in [6, 6.07) is 3.16. The number of amides is 1. The van der Waals surface area contributed by atoms with Gasteiger partial charge in [-0.1, -0.05) is 0 Å². The topological polar surface area (TPSA) is 75.5 Å². The summed E-state index contributed by atoms with van der Waals surface area (Å²) in [7, 11) is 0. The van der Waals surface area contributed by atoms with Gasteiger partial charge >= 0.3 is 0 Å². The number of likely N-dealkylation sites (tertiary alicyclic amines) is 1. The Hall–Kier alpha value is -2.02. The lowest BCUT2D eigenvalue weighted by atomic mass is 10.0. The number of nitrogens with one attached hydrogen (secondary N) is 1. The number of nitrogens with zero attached hydrogens (tertiary/aromatic N) is 2. The van der Waals surface area contributed by atoms with Crippen LogP contribution in [0.4, 0.5) is 10.1 Å². The molecule has 0 aliphatic carbocycles. The van der Waals surface area contributed by atoms with Crippen LogP contribution in [0.5, 0.6) is 0 Å². The van der Waals surface area contributed by atoms with E-state index in [9.17, 15) is 19.3 Å². The molecule has 106 valence electrons. The first kappa shape index (κ1) is 13.0. The number of nitro benzene ring substituents is 1. The number of carbonyl (C=O) groups excluding carboxylic acids is 1. The third-order valence-electron chi connectivity index (χ3n) is 4.07. The molecule has 2 aliphatic rings. The Balaban J connectivity index is 1.79. The van der Waals surface area contributed by atoms with E-state index in [4.69, 9.17) is 0 Å². The molecule has 6 nitrogen and oxygen atoms in total. The summed E-state index contributed by atoms with van der Waals surface area (Å²) in [5, 5.41) is 13.8. The Bertz CT molecular complexity index is 566. The van der Waals surface area contributed by atoms with Crippen LogP contribution in [-0.4, -0.2) is 41.9 Å². The number of carbonyl (C=O) groups is 1. The molecule has 0 radical (unpaired) electrons. The van der Waals surface area contributed by atoms with E-state index in [1.807, 2.05) is 0 Å². The zero-order valence-corrected chi connectivity index (χ0v) is 10.7. The first-order valence-electron chi connectivity index (χ1n) is 6.50. The van der Waals surface area contributed by atoms with Gasteiger partial charge in [-0.25, -0.2) is 4.39 Å². The fourth-order valence-electron chi connectivity index (χ4n) is 2.98. The fourth-order valence-corrected chi connectivity index (χ4v) is 2.98. The summed E-state index contributed by atoms with van der Waals surface area (Å²) in [5.41, 5.74) is -0.440. The highest BCUT2D eigenvalue weighted by Gasteiger charge is 2.38. The lowest BCUT2D eigenvalue weighted by molar-refractivity contribution is -0.385. The summed E-state index contributed by atoms with van der Waals surface area (Å²) in [4.78, 5) is 23.8. The second-order valence-electron chi connectivity index (χ2n) is 5.31. The van der Waals surface area contributed by atoms with E-state index in [0.717, 1.165) is 25.2 Å². The summed E-state index contributed by atoms with van der Waals surface area (Å²) < 4.78 is 13.8. The maximum Gasteiger partial charge on any atom is 0.272 e. The van der Waals surface area contributed by atoms with Gasteiger partial charge in [-0.05, 0) is 17.9 Å². The van der Waals surface area contributed by atoms with E-state index in [2.05, 4.69) is 5.32 Å². The van der Waals surface area contributed by atoms with Crippen molar-refractivity contribution >= 4 is 11.6 Å². The summed E-state index contributed by atoms with van der Waals surface area (Å²) in [6.07, 6.45) is 0. The van der Waals surface area contributed by atoms with Crippen molar-refractivity contribution in [1.29, 1.82) is 0 Å². The lowest BCUT2D eigenvalue weighted by Gasteiger charge is -2.17. The molecule has 2 unspecified atom stereocenters. The molecule has 2 atom stereocenters. The largest absolute Gasteiger partial charge is 0.338 e. The van der Waals surface area contributed by atoms with Gasteiger partial charge in [0.05, 0.1) is 16.6 Å². The Morgan fingerprint density at radius 3 is 2.55 bits per heavy atom. The van der Waals surface area contributed by atoms with Crippen molar-refractivity contribution in [2.45, 2.75) is 0 Å². The molecule has 3 rings (SSSR count). The van der Waals surface area contributed by atoms with E-state index < -0.39 is 10.7 Å². The van der Waals surface area contributed by atoms with Crippen LogP contribution in [0.15, 0.2) is 18.2 Å². The van der Waals surface area contributed by atoms with Crippen LogP contribution in [-0.2, 0) is 0 Å². The van der Waals surface area contributed by atoms with E-state index in [0.29, 0.717) is 24.9 Å². The van der Waals surface area contributed by atoms with Gasteiger partial charge in [-0.3, -0.25) is 14.9 Å². The average Bonchev–Trinajstić information content (AvgIpc) is 2.98. The second-order valence-corrected chi connectivity index (χ2v) is 5.31. The molecule has 2 aliphatic heterocycles. The predicted octanol–water partition coefficient (Wildman–Crippen LogP) is 1.03. The van der Waals surface area contributed by atoms with Crippen LogP contribution in [0, 0.1) is 27.8 Å². The van der Waals surface area contributed by atoms with Gasteiger partial charge in [0.1, 0.15) is 5.82 Å².